The van der Waals surface area contributed by atoms with Crippen LogP contribution in [-0.2, 0) is 4.79 Å². The van der Waals surface area contributed by atoms with E-state index in [2.05, 4.69) is 35.8 Å². The lowest BCUT2D eigenvalue weighted by Gasteiger charge is -2.28. The van der Waals surface area contributed by atoms with Gasteiger partial charge in [0, 0.05) is 24.2 Å². The standard InChI is InChI=1S/C42H54N2O4/c1-3-5-7-9-11-12-14-20-32-44-36-26-16-18-28-38(36)48-40(44)30-22-24-34-41(45)33(42(34)46)23-21-29-39-43(31-19-13-10-8-6-4-2)35-25-15-17-27-37(35)47-39/h15-18,21-30,40,45H,3-14,19-20,31-32H2,1-2H3/p-1/b23-21+,30-22+,34-24+,39-29+. The van der Waals surface area contributed by atoms with Crippen molar-refractivity contribution in [3.8, 4) is 11.5 Å². The fourth-order valence-electron chi connectivity index (χ4n) is 6.60. The first-order valence-corrected chi connectivity index (χ1v) is 18.4. The van der Waals surface area contributed by atoms with Crippen molar-refractivity contribution in [1.29, 1.82) is 0 Å². The molecule has 2 aromatic carbocycles. The molecule has 0 fully saturated rings. The van der Waals surface area contributed by atoms with Crippen LogP contribution in [0.1, 0.15) is 104 Å². The van der Waals surface area contributed by atoms with Crippen molar-refractivity contribution in [1.82, 2.24) is 0 Å². The molecular formula is C42H53N2O4-. The topological polar surface area (TPSA) is 65.1 Å². The lowest BCUT2D eigenvalue weighted by molar-refractivity contribution is -0.300. The third kappa shape index (κ3) is 9.03. The number of unbranched alkanes of at least 4 members (excludes halogenated alkanes) is 12. The Balaban J connectivity index is 1.16. The van der Waals surface area contributed by atoms with Crippen molar-refractivity contribution in [2.45, 2.75) is 110 Å². The summed E-state index contributed by atoms with van der Waals surface area (Å²) in [6.45, 7) is 6.25. The molecule has 2 aromatic rings. The molecule has 0 amide bonds. The van der Waals surface area contributed by atoms with Gasteiger partial charge in [0.1, 0.15) is 5.75 Å². The van der Waals surface area contributed by atoms with Crippen molar-refractivity contribution < 1.29 is 19.4 Å². The van der Waals surface area contributed by atoms with Crippen molar-refractivity contribution in [3.63, 3.8) is 0 Å². The maximum atomic E-state index is 12.9. The number of hydrogen-bond acceptors (Lipinski definition) is 6. The summed E-state index contributed by atoms with van der Waals surface area (Å²) in [6.07, 6.45) is 27.8. The first-order chi connectivity index (χ1) is 23.6. The Bertz CT molecular complexity index is 1520. The summed E-state index contributed by atoms with van der Waals surface area (Å²) in [5.41, 5.74) is 2.55. The molecule has 0 saturated heterocycles. The summed E-state index contributed by atoms with van der Waals surface area (Å²) in [5.74, 6) is 1.95. The van der Waals surface area contributed by atoms with Gasteiger partial charge in [-0.25, -0.2) is 0 Å². The summed E-state index contributed by atoms with van der Waals surface area (Å²) in [6, 6.07) is 16.1. The largest absolute Gasteiger partial charge is 0.871 e. The Morgan fingerprint density at radius 3 is 2.00 bits per heavy atom. The second-order valence-electron chi connectivity index (χ2n) is 13.0. The van der Waals surface area contributed by atoms with Crippen molar-refractivity contribution in [2.75, 3.05) is 22.9 Å². The number of carbonyl (C=O) groups excluding carboxylic acids is 1. The highest BCUT2D eigenvalue weighted by molar-refractivity contribution is 6.20. The fourth-order valence-corrected chi connectivity index (χ4v) is 6.60. The van der Waals surface area contributed by atoms with Crippen LogP contribution in [0.3, 0.4) is 0 Å². The molecule has 5 rings (SSSR count). The smallest absolute Gasteiger partial charge is 0.200 e. The first-order valence-electron chi connectivity index (χ1n) is 18.4. The van der Waals surface area contributed by atoms with E-state index in [-0.39, 0.29) is 28.9 Å². The van der Waals surface area contributed by atoms with Crippen LogP contribution in [0, 0.1) is 0 Å². The van der Waals surface area contributed by atoms with Gasteiger partial charge in [-0.15, -0.1) is 0 Å². The van der Waals surface area contributed by atoms with Crippen LogP contribution in [0.5, 0.6) is 11.5 Å². The summed E-state index contributed by atoms with van der Waals surface area (Å²) in [5, 5.41) is 12.9. The number of ketones is 1. The maximum Gasteiger partial charge on any atom is 0.200 e. The zero-order valence-electron chi connectivity index (χ0n) is 29.0. The van der Waals surface area contributed by atoms with Gasteiger partial charge in [-0.3, -0.25) is 4.79 Å². The summed E-state index contributed by atoms with van der Waals surface area (Å²) < 4.78 is 12.4. The van der Waals surface area contributed by atoms with Crippen LogP contribution in [0.15, 0.2) is 108 Å². The highest BCUT2D eigenvalue weighted by Crippen LogP contribution is 2.39. The van der Waals surface area contributed by atoms with Crippen LogP contribution in [0.4, 0.5) is 11.4 Å². The average Bonchev–Trinajstić information content (AvgIpc) is 3.64. The van der Waals surface area contributed by atoms with Gasteiger partial charge in [0.25, 0.3) is 0 Å². The molecule has 0 N–H and O–H groups in total. The number of allylic oxidation sites excluding steroid dienone is 7. The van der Waals surface area contributed by atoms with Gasteiger partial charge in [0.05, 0.1) is 11.4 Å². The number of hydrogen-bond donors (Lipinski definition) is 0. The number of rotatable bonds is 20. The summed E-state index contributed by atoms with van der Waals surface area (Å²) in [4.78, 5) is 17.4. The van der Waals surface area contributed by atoms with E-state index < -0.39 is 0 Å². The van der Waals surface area contributed by atoms with E-state index in [1.54, 1.807) is 24.3 Å². The number of Topliss-reactive ketones (excluding diaryl/α,β-unsaturated/α-hetero) is 1. The SMILES string of the molecule is CCCCCCCCCCN1c2ccccc2OC1/C=C/C=C1/C(=O)C(/C=C/C=C2/Oc3ccccc3N2CCCCCCCC)=C1[O-]. The molecule has 48 heavy (non-hydrogen) atoms. The highest BCUT2D eigenvalue weighted by Gasteiger charge is 2.29. The van der Waals surface area contributed by atoms with E-state index in [1.807, 2.05) is 48.6 Å². The molecule has 1 atom stereocenters. The predicted molar refractivity (Wildman–Crippen MR) is 195 cm³/mol. The van der Waals surface area contributed by atoms with Crippen molar-refractivity contribution in [2.24, 2.45) is 0 Å². The number of fused-ring (bicyclic) bond motifs is 2. The second kappa shape index (κ2) is 18.4. The Kier molecular flexibility index (Phi) is 13.4. The number of anilines is 2. The van der Waals surface area contributed by atoms with Gasteiger partial charge in [-0.2, -0.15) is 0 Å². The Morgan fingerprint density at radius 1 is 0.708 bits per heavy atom. The normalized spacial score (nSPS) is 18.7. The number of carbonyl (C=O) groups is 1. The van der Waals surface area contributed by atoms with E-state index in [9.17, 15) is 9.90 Å². The van der Waals surface area contributed by atoms with Gasteiger partial charge in [0.2, 0.25) is 5.88 Å². The molecule has 0 spiro atoms. The Morgan fingerprint density at radius 2 is 1.31 bits per heavy atom. The number of benzene rings is 2. The zero-order valence-corrected chi connectivity index (χ0v) is 29.0. The molecule has 0 aromatic heterocycles. The quantitative estimate of drug-likeness (QED) is 0.105. The molecular weight excluding hydrogens is 596 g/mol. The molecule has 0 bridgehead atoms. The molecule has 0 saturated carbocycles. The predicted octanol–water partition coefficient (Wildman–Crippen LogP) is 9.69. The molecule has 6 heteroatoms. The van der Waals surface area contributed by atoms with Gasteiger partial charge in [-0.1, -0.05) is 145 Å². The van der Waals surface area contributed by atoms with E-state index in [4.69, 9.17) is 9.47 Å². The zero-order chi connectivity index (χ0) is 33.6. The van der Waals surface area contributed by atoms with Crippen molar-refractivity contribution in [3.05, 3.63) is 108 Å². The third-order valence-corrected chi connectivity index (χ3v) is 9.37. The molecule has 256 valence electrons. The second-order valence-corrected chi connectivity index (χ2v) is 13.0. The molecule has 2 aliphatic heterocycles. The first kappa shape index (κ1) is 35.1. The van der Waals surface area contributed by atoms with E-state index >= 15 is 0 Å². The van der Waals surface area contributed by atoms with Crippen LogP contribution < -0.4 is 24.4 Å². The van der Waals surface area contributed by atoms with Crippen LogP contribution in [-0.4, -0.2) is 25.1 Å². The fraction of sp³-hybridized carbons (Fsp3) is 0.452. The van der Waals surface area contributed by atoms with Crippen LogP contribution >= 0.6 is 0 Å². The minimum Gasteiger partial charge on any atom is -0.871 e. The average molecular weight is 650 g/mol. The van der Waals surface area contributed by atoms with Gasteiger partial charge in [0.15, 0.2) is 17.8 Å². The highest BCUT2D eigenvalue weighted by atomic mass is 16.5. The van der Waals surface area contributed by atoms with E-state index in [1.165, 1.54) is 77.0 Å². The van der Waals surface area contributed by atoms with Crippen LogP contribution in [0.2, 0.25) is 0 Å². The molecule has 3 aliphatic rings. The summed E-state index contributed by atoms with van der Waals surface area (Å²) >= 11 is 0. The third-order valence-electron chi connectivity index (χ3n) is 9.37. The van der Waals surface area contributed by atoms with Gasteiger partial charge >= 0.3 is 0 Å². The molecule has 2 heterocycles. The van der Waals surface area contributed by atoms with Gasteiger partial charge in [-0.05, 0) is 49.3 Å². The molecule has 6 nitrogen and oxygen atoms in total. The van der Waals surface area contributed by atoms with E-state index in [0.29, 0.717) is 5.88 Å². The number of nitrogens with zero attached hydrogens (tertiary/aromatic N) is 2. The lowest BCUT2D eigenvalue weighted by atomic mass is 9.87. The lowest BCUT2D eigenvalue weighted by Crippen LogP contribution is -2.33. The minimum absolute atomic E-state index is 0.199. The molecule has 1 aliphatic carbocycles. The monoisotopic (exact) mass is 649 g/mol. The Labute approximate surface area is 288 Å². The van der Waals surface area contributed by atoms with Crippen LogP contribution in [0.25, 0.3) is 0 Å². The number of para-hydroxylation sites is 4. The van der Waals surface area contributed by atoms with E-state index in [0.717, 1.165) is 48.8 Å². The molecule has 1 unspecified atom stereocenters. The number of ether oxygens (including phenoxy) is 2. The van der Waals surface area contributed by atoms with Crippen molar-refractivity contribution >= 4 is 17.2 Å². The Hall–Kier alpha value is -4.19. The molecule has 0 radical (unpaired) electrons. The van der Waals surface area contributed by atoms with Gasteiger partial charge < -0.3 is 24.4 Å². The maximum absolute atomic E-state index is 12.9. The summed E-state index contributed by atoms with van der Waals surface area (Å²) in [7, 11) is 0. The minimum atomic E-state index is -0.265.